The summed E-state index contributed by atoms with van der Waals surface area (Å²) in [6.07, 6.45) is 4.40. The molecule has 3 nitrogen and oxygen atoms in total. The zero-order chi connectivity index (χ0) is 15.4. The quantitative estimate of drug-likeness (QED) is 0.777. The normalized spacial score (nSPS) is 15.1. The third-order valence-corrected chi connectivity index (χ3v) is 3.57. The van der Waals surface area contributed by atoms with Gasteiger partial charge in [0, 0.05) is 25.1 Å². The maximum Gasteiger partial charge on any atom is 0.227 e. The Labute approximate surface area is 127 Å². The van der Waals surface area contributed by atoms with E-state index in [-0.39, 0.29) is 17.2 Å². The summed E-state index contributed by atoms with van der Waals surface area (Å²) in [6.45, 7) is 2.16. The summed E-state index contributed by atoms with van der Waals surface area (Å²) in [5, 5.41) is 0. The number of allylic oxidation sites excluding steroid dienone is 1. The molecule has 114 valence electrons. The number of ether oxygens (including phenoxy) is 1. The molecule has 0 aliphatic carbocycles. The van der Waals surface area contributed by atoms with Crippen molar-refractivity contribution in [1.82, 2.24) is 4.90 Å². The third-order valence-electron chi connectivity index (χ3n) is 3.22. The molecule has 1 aliphatic rings. The van der Waals surface area contributed by atoms with Crippen LogP contribution in [0.5, 0.6) is 5.75 Å². The predicted octanol–water partition coefficient (Wildman–Crippen LogP) is 3.65. The number of halogens is 2. The van der Waals surface area contributed by atoms with Crippen LogP contribution in [0.4, 0.5) is 8.78 Å². The number of amides is 1. The van der Waals surface area contributed by atoms with Crippen molar-refractivity contribution in [2.24, 2.45) is 0 Å². The second-order valence-electron chi connectivity index (χ2n) is 4.58. The van der Waals surface area contributed by atoms with Crippen LogP contribution in [-0.4, -0.2) is 29.5 Å². The molecule has 0 N–H and O–H groups in total. The average molecular weight is 313 g/mol. The van der Waals surface area contributed by atoms with Gasteiger partial charge in [-0.05, 0) is 19.6 Å². The highest BCUT2D eigenvalue weighted by Gasteiger charge is 2.26. The summed E-state index contributed by atoms with van der Waals surface area (Å²) in [4.78, 5) is 13.3. The summed E-state index contributed by atoms with van der Waals surface area (Å²) in [6, 6.07) is 2.31. The Kier molecular flexibility index (Phi) is 5.22. The van der Waals surface area contributed by atoms with E-state index >= 15 is 0 Å². The lowest BCUT2D eigenvalue weighted by atomic mass is 10.0. The minimum absolute atomic E-state index is 0.114. The molecular weight excluding hydrogens is 296 g/mol. The molecule has 0 saturated carbocycles. The Bertz CT molecular complexity index is 552. The Morgan fingerprint density at radius 1 is 1.33 bits per heavy atom. The van der Waals surface area contributed by atoms with Crippen LogP contribution in [0.15, 0.2) is 18.2 Å². The van der Waals surface area contributed by atoms with E-state index in [0.29, 0.717) is 31.0 Å². The van der Waals surface area contributed by atoms with Crippen molar-refractivity contribution in [3.63, 3.8) is 0 Å². The van der Waals surface area contributed by atoms with E-state index in [1.807, 2.05) is 6.26 Å². The van der Waals surface area contributed by atoms with E-state index in [1.165, 1.54) is 16.7 Å². The molecule has 0 atom stereocenters. The van der Waals surface area contributed by atoms with Gasteiger partial charge in [-0.25, -0.2) is 8.78 Å². The molecule has 0 aromatic heterocycles. The molecule has 0 radical (unpaired) electrons. The van der Waals surface area contributed by atoms with Crippen molar-refractivity contribution in [2.45, 2.75) is 19.8 Å². The number of nitrogens with zero attached hydrogens (tertiary/aromatic N) is 1. The molecule has 21 heavy (non-hydrogen) atoms. The van der Waals surface area contributed by atoms with Crippen molar-refractivity contribution in [3.8, 4) is 5.75 Å². The van der Waals surface area contributed by atoms with Crippen LogP contribution in [0, 0.1) is 11.6 Å². The van der Waals surface area contributed by atoms with Crippen LogP contribution >= 0.6 is 11.8 Å². The second kappa shape index (κ2) is 6.93. The van der Waals surface area contributed by atoms with Crippen molar-refractivity contribution in [1.29, 1.82) is 0 Å². The van der Waals surface area contributed by atoms with Crippen LogP contribution in [0.3, 0.4) is 0 Å². The van der Waals surface area contributed by atoms with Gasteiger partial charge in [0.15, 0.2) is 0 Å². The van der Waals surface area contributed by atoms with E-state index in [2.05, 4.69) is 0 Å². The van der Waals surface area contributed by atoms with Crippen LogP contribution < -0.4 is 4.74 Å². The van der Waals surface area contributed by atoms with Gasteiger partial charge in [-0.2, -0.15) is 0 Å². The lowest BCUT2D eigenvalue weighted by molar-refractivity contribution is -0.128. The third kappa shape index (κ3) is 3.37. The van der Waals surface area contributed by atoms with Crippen molar-refractivity contribution in [2.75, 3.05) is 18.7 Å². The molecule has 0 saturated heterocycles. The Balaban J connectivity index is 2.39. The Hall–Kier alpha value is -1.56. The van der Waals surface area contributed by atoms with Crippen molar-refractivity contribution in [3.05, 3.63) is 35.4 Å². The number of carbonyl (C=O) groups is 1. The van der Waals surface area contributed by atoms with Gasteiger partial charge in [0.05, 0.1) is 11.3 Å². The van der Waals surface area contributed by atoms with Gasteiger partial charge >= 0.3 is 0 Å². The lowest BCUT2D eigenvalue weighted by Crippen LogP contribution is -2.32. The molecule has 6 heteroatoms. The van der Waals surface area contributed by atoms with E-state index in [0.717, 1.165) is 12.1 Å². The van der Waals surface area contributed by atoms with E-state index < -0.39 is 11.6 Å². The van der Waals surface area contributed by atoms with Gasteiger partial charge in [-0.1, -0.05) is 6.08 Å². The van der Waals surface area contributed by atoms with Crippen LogP contribution in [0.1, 0.15) is 25.3 Å². The van der Waals surface area contributed by atoms with Crippen LogP contribution in [0.2, 0.25) is 0 Å². The minimum atomic E-state index is -0.717. The zero-order valence-corrected chi connectivity index (χ0v) is 12.8. The largest absolute Gasteiger partial charge is 0.483 e. The van der Waals surface area contributed by atoms with Gasteiger partial charge < -0.3 is 9.64 Å². The van der Waals surface area contributed by atoms with Gasteiger partial charge in [0.25, 0.3) is 0 Å². The highest BCUT2D eigenvalue weighted by molar-refractivity contribution is 7.98. The molecule has 2 rings (SSSR count). The first-order valence-corrected chi connectivity index (χ1v) is 8.09. The number of benzene rings is 1. The number of carbonyl (C=O) groups excluding carboxylic acids is 1. The molecule has 0 fully saturated rings. The van der Waals surface area contributed by atoms with Crippen molar-refractivity contribution >= 4 is 23.4 Å². The van der Waals surface area contributed by atoms with E-state index in [1.54, 1.807) is 13.0 Å². The summed E-state index contributed by atoms with van der Waals surface area (Å²) >= 11 is 1.41. The molecule has 1 aromatic rings. The first-order valence-electron chi connectivity index (χ1n) is 6.70. The molecule has 1 heterocycles. The predicted molar refractivity (Wildman–Crippen MR) is 80.0 cm³/mol. The maximum atomic E-state index is 14.3. The summed E-state index contributed by atoms with van der Waals surface area (Å²) in [5.74, 6) is -1.08. The zero-order valence-electron chi connectivity index (χ0n) is 12.0. The number of thioether (sulfide) groups is 1. The molecule has 0 unspecified atom stereocenters. The summed E-state index contributed by atoms with van der Waals surface area (Å²) in [7, 11) is 0. The Morgan fingerprint density at radius 2 is 2.00 bits per heavy atom. The molecule has 1 amide bonds. The SMILES string of the molecule is CCN1C(=O)CCC=C1c1c(F)cc(OCSC)cc1F. The minimum Gasteiger partial charge on any atom is -0.483 e. The second-order valence-corrected chi connectivity index (χ2v) is 5.39. The molecule has 0 bridgehead atoms. The highest BCUT2D eigenvalue weighted by Crippen LogP contribution is 2.32. The highest BCUT2D eigenvalue weighted by atomic mass is 32.2. The smallest absolute Gasteiger partial charge is 0.227 e. The number of hydrogen-bond acceptors (Lipinski definition) is 3. The van der Waals surface area contributed by atoms with Gasteiger partial charge in [-0.15, -0.1) is 11.8 Å². The molecule has 1 aliphatic heterocycles. The van der Waals surface area contributed by atoms with Gasteiger partial charge in [-0.3, -0.25) is 4.79 Å². The lowest BCUT2D eigenvalue weighted by Gasteiger charge is -2.28. The molecular formula is C15H17F2NO2S. The summed E-state index contributed by atoms with van der Waals surface area (Å²) in [5.41, 5.74) is 0.140. The van der Waals surface area contributed by atoms with Crippen molar-refractivity contribution < 1.29 is 18.3 Å². The maximum absolute atomic E-state index is 14.3. The fourth-order valence-electron chi connectivity index (χ4n) is 2.30. The number of hydrogen-bond donors (Lipinski definition) is 0. The van der Waals surface area contributed by atoms with Gasteiger partial charge in [0.1, 0.15) is 23.3 Å². The van der Waals surface area contributed by atoms with Crippen LogP contribution in [0.25, 0.3) is 5.70 Å². The van der Waals surface area contributed by atoms with E-state index in [9.17, 15) is 13.6 Å². The number of rotatable bonds is 5. The fraction of sp³-hybridized carbons (Fsp3) is 0.400. The van der Waals surface area contributed by atoms with E-state index in [4.69, 9.17) is 4.74 Å². The standard InChI is InChI=1S/C15H17F2NO2S/c1-3-18-13(5-4-6-14(18)19)15-11(16)7-10(8-12(15)17)20-9-21-2/h5,7-8H,3-4,6,9H2,1-2H3. The topological polar surface area (TPSA) is 29.5 Å². The average Bonchev–Trinajstić information content (AvgIpc) is 2.44. The summed E-state index contributed by atoms with van der Waals surface area (Å²) < 4.78 is 33.7. The molecule has 1 aromatic carbocycles. The molecule has 0 spiro atoms. The van der Waals surface area contributed by atoms with Crippen LogP contribution in [-0.2, 0) is 4.79 Å². The van der Waals surface area contributed by atoms with Gasteiger partial charge in [0.2, 0.25) is 5.91 Å². The monoisotopic (exact) mass is 313 g/mol. The first-order chi connectivity index (χ1) is 10.1. The first kappa shape index (κ1) is 15.8. The Morgan fingerprint density at radius 3 is 2.57 bits per heavy atom. The fourth-order valence-corrected chi connectivity index (χ4v) is 2.55.